The minimum atomic E-state index is -0.0462. The molecule has 0 spiro atoms. The minimum Gasteiger partial charge on any atom is -0.349 e. The quantitative estimate of drug-likeness (QED) is 0.562. The van der Waals surface area contributed by atoms with Crippen LogP contribution in [-0.4, -0.2) is 31.2 Å². The first-order valence-electron chi connectivity index (χ1n) is 9.84. The molecule has 0 saturated heterocycles. The predicted molar refractivity (Wildman–Crippen MR) is 113 cm³/mol. The zero-order valence-electron chi connectivity index (χ0n) is 16.5. The fourth-order valence-electron chi connectivity index (χ4n) is 3.73. The summed E-state index contributed by atoms with van der Waals surface area (Å²) in [6.45, 7) is 2.57. The lowest BCUT2D eigenvalue weighted by Gasteiger charge is -2.14. The highest BCUT2D eigenvalue weighted by Crippen LogP contribution is 2.24. The van der Waals surface area contributed by atoms with Crippen LogP contribution in [0.5, 0.6) is 0 Å². The van der Waals surface area contributed by atoms with E-state index in [1.54, 1.807) is 4.52 Å². The SMILES string of the molecule is C[C@@H](NC(=O)Cc1cc2c(cn1)C(c1ccn3ncnc3c1)=NC2)c1ccccc1. The molecule has 1 amide bonds. The van der Waals surface area contributed by atoms with Crippen molar-refractivity contribution >= 4 is 17.3 Å². The number of carbonyl (C=O) groups is 1. The Kier molecular flexibility index (Phi) is 4.55. The number of fused-ring (bicyclic) bond motifs is 2. The molecular formula is C23H20N6O. The fourth-order valence-corrected chi connectivity index (χ4v) is 3.73. The number of benzene rings is 1. The number of nitrogens with zero attached hydrogens (tertiary/aromatic N) is 5. The lowest BCUT2D eigenvalue weighted by atomic mass is 10.0. The molecule has 0 aliphatic carbocycles. The van der Waals surface area contributed by atoms with Gasteiger partial charge in [0.1, 0.15) is 6.33 Å². The number of amides is 1. The average molecular weight is 396 g/mol. The van der Waals surface area contributed by atoms with Crippen LogP contribution in [0.4, 0.5) is 0 Å². The Morgan fingerprint density at radius 1 is 1.17 bits per heavy atom. The van der Waals surface area contributed by atoms with E-state index in [0.717, 1.165) is 39.3 Å². The molecule has 7 nitrogen and oxygen atoms in total. The van der Waals surface area contributed by atoms with Gasteiger partial charge in [0.2, 0.25) is 5.91 Å². The zero-order valence-corrected chi connectivity index (χ0v) is 16.5. The molecule has 4 heterocycles. The van der Waals surface area contributed by atoms with Crippen molar-refractivity contribution in [1.29, 1.82) is 0 Å². The summed E-state index contributed by atoms with van der Waals surface area (Å²) >= 11 is 0. The first-order chi connectivity index (χ1) is 14.7. The van der Waals surface area contributed by atoms with Gasteiger partial charge in [-0.3, -0.25) is 14.8 Å². The highest BCUT2D eigenvalue weighted by atomic mass is 16.1. The normalized spacial score (nSPS) is 13.7. The molecule has 5 rings (SSSR count). The van der Waals surface area contributed by atoms with Crippen molar-refractivity contribution in [2.24, 2.45) is 4.99 Å². The van der Waals surface area contributed by atoms with Gasteiger partial charge in [0.15, 0.2) is 5.65 Å². The molecule has 4 aromatic rings. The van der Waals surface area contributed by atoms with Gasteiger partial charge in [-0.05, 0) is 36.2 Å². The molecule has 30 heavy (non-hydrogen) atoms. The van der Waals surface area contributed by atoms with E-state index in [1.807, 2.05) is 67.8 Å². The second-order valence-corrected chi connectivity index (χ2v) is 7.35. The molecule has 7 heteroatoms. The van der Waals surface area contributed by atoms with E-state index in [1.165, 1.54) is 6.33 Å². The summed E-state index contributed by atoms with van der Waals surface area (Å²) in [6, 6.07) is 15.8. The summed E-state index contributed by atoms with van der Waals surface area (Å²) in [6.07, 6.45) is 5.46. The summed E-state index contributed by atoms with van der Waals surface area (Å²) in [5, 5.41) is 7.16. The molecular weight excluding hydrogens is 376 g/mol. The van der Waals surface area contributed by atoms with Crippen molar-refractivity contribution in [2.75, 3.05) is 0 Å². The van der Waals surface area contributed by atoms with Gasteiger partial charge < -0.3 is 5.32 Å². The van der Waals surface area contributed by atoms with Crippen LogP contribution < -0.4 is 5.32 Å². The molecule has 0 fully saturated rings. The molecule has 1 aromatic carbocycles. The third-order valence-electron chi connectivity index (χ3n) is 5.28. The zero-order chi connectivity index (χ0) is 20.5. The Balaban J connectivity index is 1.30. The van der Waals surface area contributed by atoms with Crippen LogP contribution >= 0.6 is 0 Å². The van der Waals surface area contributed by atoms with Crippen LogP contribution in [0.15, 0.2) is 72.2 Å². The number of aliphatic imine (C=N–C) groups is 1. The van der Waals surface area contributed by atoms with Crippen molar-refractivity contribution in [3.63, 3.8) is 0 Å². The highest BCUT2D eigenvalue weighted by Gasteiger charge is 2.20. The van der Waals surface area contributed by atoms with Crippen molar-refractivity contribution in [2.45, 2.75) is 25.9 Å². The Morgan fingerprint density at radius 2 is 2.03 bits per heavy atom. The number of nitrogens with one attached hydrogen (secondary N) is 1. The number of carbonyl (C=O) groups excluding carboxylic acids is 1. The molecule has 1 atom stereocenters. The van der Waals surface area contributed by atoms with Gasteiger partial charge in [0.05, 0.1) is 30.4 Å². The number of rotatable bonds is 5. The van der Waals surface area contributed by atoms with Crippen molar-refractivity contribution in [1.82, 2.24) is 24.9 Å². The number of pyridine rings is 2. The van der Waals surface area contributed by atoms with Gasteiger partial charge in [-0.2, -0.15) is 5.10 Å². The van der Waals surface area contributed by atoms with Crippen molar-refractivity contribution < 1.29 is 4.79 Å². The number of hydrogen-bond acceptors (Lipinski definition) is 5. The third-order valence-corrected chi connectivity index (χ3v) is 5.28. The van der Waals surface area contributed by atoms with Gasteiger partial charge in [0, 0.05) is 23.5 Å². The summed E-state index contributed by atoms with van der Waals surface area (Å²) in [7, 11) is 0. The van der Waals surface area contributed by atoms with Crippen LogP contribution in [-0.2, 0) is 17.8 Å². The molecule has 1 aliphatic heterocycles. The van der Waals surface area contributed by atoms with Crippen LogP contribution in [0.2, 0.25) is 0 Å². The molecule has 0 unspecified atom stereocenters. The van der Waals surface area contributed by atoms with Gasteiger partial charge in [-0.25, -0.2) is 9.50 Å². The van der Waals surface area contributed by atoms with Crippen molar-refractivity contribution in [3.05, 3.63) is 95.2 Å². The van der Waals surface area contributed by atoms with E-state index in [0.29, 0.717) is 6.54 Å². The Labute approximate surface area is 173 Å². The maximum absolute atomic E-state index is 12.5. The minimum absolute atomic E-state index is 0.0461. The van der Waals surface area contributed by atoms with Gasteiger partial charge in [-0.15, -0.1) is 0 Å². The van der Waals surface area contributed by atoms with E-state index in [-0.39, 0.29) is 18.4 Å². The van der Waals surface area contributed by atoms with E-state index in [4.69, 9.17) is 4.99 Å². The molecule has 1 aliphatic rings. The number of hydrogen-bond donors (Lipinski definition) is 1. The predicted octanol–water partition coefficient (Wildman–Crippen LogP) is 2.90. The second-order valence-electron chi connectivity index (χ2n) is 7.35. The average Bonchev–Trinajstić information content (AvgIpc) is 3.40. The number of aromatic nitrogens is 4. The first kappa shape index (κ1) is 18.2. The molecule has 1 N–H and O–H groups in total. The smallest absolute Gasteiger partial charge is 0.226 e. The Hall–Kier alpha value is -3.87. The summed E-state index contributed by atoms with van der Waals surface area (Å²) in [4.78, 5) is 25.9. The monoisotopic (exact) mass is 396 g/mol. The lowest BCUT2D eigenvalue weighted by Crippen LogP contribution is -2.28. The Morgan fingerprint density at radius 3 is 2.90 bits per heavy atom. The van der Waals surface area contributed by atoms with Gasteiger partial charge >= 0.3 is 0 Å². The summed E-state index contributed by atoms with van der Waals surface area (Å²) < 4.78 is 1.72. The van der Waals surface area contributed by atoms with Crippen LogP contribution in [0, 0.1) is 0 Å². The fraction of sp³-hybridized carbons (Fsp3) is 0.174. The largest absolute Gasteiger partial charge is 0.349 e. The van der Waals surface area contributed by atoms with E-state index in [2.05, 4.69) is 20.4 Å². The summed E-state index contributed by atoms with van der Waals surface area (Å²) in [5.74, 6) is -0.0461. The van der Waals surface area contributed by atoms with E-state index in [9.17, 15) is 4.79 Å². The van der Waals surface area contributed by atoms with E-state index >= 15 is 0 Å². The topological polar surface area (TPSA) is 84.5 Å². The maximum atomic E-state index is 12.5. The lowest BCUT2D eigenvalue weighted by molar-refractivity contribution is -0.121. The van der Waals surface area contributed by atoms with Crippen LogP contribution in [0.1, 0.15) is 40.9 Å². The molecule has 0 saturated carbocycles. The molecule has 148 valence electrons. The Bertz CT molecular complexity index is 1260. The molecule has 3 aromatic heterocycles. The van der Waals surface area contributed by atoms with Gasteiger partial charge in [-0.1, -0.05) is 30.3 Å². The van der Waals surface area contributed by atoms with Crippen LogP contribution in [0.3, 0.4) is 0 Å². The highest BCUT2D eigenvalue weighted by molar-refractivity contribution is 6.15. The van der Waals surface area contributed by atoms with Gasteiger partial charge in [0.25, 0.3) is 0 Å². The molecule has 0 bridgehead atoms. The van der Waals surface area contributed by atoms with Crippen molar-refractivity contribution in [3.8, 4) is 0 Å². The summed E-state index contributed by atoms with van der Waals surface area (Å²) in [5.41, 5.74) is 6.57. The first-order valence-corrected chi connectivity index (χ1v) is 9.84. The maximum Gasteiger partial charge on any atom is 0.226 e. The standard InChI is InChI=1S/C23H20N6O/c1-15(16-5-3-2-4-6-16)28-22(30)11-19-9-18-12-25-23(20(18)13-24-19)17-7-8-29-21(10-17)26-14-27-29/h2-10,13-15H,11-12H2,1H3,(H,28,30)/t15-/m1/s1. The molecule has 0 radical (unpaired) electrons. The van der Waals surface area contributed by atoms with E-state index < -0.39 is 0 Å². The third kappa shape index (κ3) is 3.45. The second kappa shape index (κ2) is 7.51. The van der Waals surface area contributed by atoms with Crippen LogP contribution in [0.25, 0.3) is 5.65 Å².